The summed E-state index contributed by atoms with van der Waals surface area (Å²) in [4.78, 5) is 12.6. The van der Waals surface area contributed by atoms with Crippen LogP contribution in [0.4, 0.5) is 13.2 Å². The van der Waals surface area contributed by atoms with Crippen molar-refractivity contribution in [3.63, 3.8) is 0 Å². The fraction of sp³-hybridized carbons (Fsp3) is 0.316. The van der Waals surface area contributed by atoms with Crippen molar-refractivity contribution in [1.29, 1.82) is 0 Å². The number of carbonyl (C=O) groups excluding carboxylic acids is 1. The number of carbonyl (C=O) groups is 1. The van der Waals surface area contributed by atoms with E-state index in [1.54, 1.807) is 5.48 Å². The lowest BCUT2D eigenvalue weighted by Crippen LogP contribution is -2.52. The minimum Gasteiger partial charge on any atom is -0.457 e. The Morgan fingerprint density at radius 1 is 1.00 bits per heavy atom. The summed E-state index contributed by atoms with van der Waals surface area (Å²) in [5.41, 5.74) is 1.60. The number of hydroxylamine groups is 1. The SMILES string of the molecule is O=C(NO)C1(S(=O)c2ccc(Oc3ccc(OC(F)(F)F)cc3)cc2)CCOCC1. The van der Waals surface area contributed by atoms with Crippen LogP contribution in [-0.4, -0.2) is 39.6 Å². The Labute approximate surface area is 172 Å². The highest BCUT2D eigenvalue weighted by Crippen LogP contribution is 2.33. The molecule has 1 aliphatic heterocycles. The minimum atomic E-state index is -4.78. The van der Waals surface area contributed by atoms with Gasteiger partial charge in [0, 0.05) is 18.1 Å². The van der Waals surface area contributed by atoms with E-state index in [9.17, 15) is 22.2 Å². The fourth-order valence-corrected chi connectivity index (χ4v) is 4.59. The Balaban J connectivity index is 1.71. The molecule has 0 aliphatic carbocycles. The van der Waals surface area contributed by atoms with Crippen LogP contribution in [0.25, 0.3) is 0 Å². The van der Waals surface area contributed by atoms with Gasteiger partial charge in [0.1, 0.15) is 22.0 Å². The predicted octanol–water partition coefficient (Wildman–Crippen LogP) is 3.54. The molecule has 11 heteroatoms. The molecule has 162 valence electrons. The molecule has 1 saturated heterocycles. The van der Waals surface area contributed by atoms with Gasteiger partial charge in [0.25, 0.3) is 5.91 Å². The molecule has 1 aliphatic rings. The van der Waals surface area contributed by atoms with Crippen LogP contribution in [0.3, 0.4) is 0 Å². The monoisotopic (exact) mass is 445 g/mol. The normalized spacial score (nSPS) is 17.1. The van der Waals surface area contributed by atoms with Crippen molar-refractivity contribution in [2.75, 3.05) is 13.2 Å². The van der Waals surface area contributed by atoms with E-state index in [1.807, 2.05) is 0 Å². The highest BCUT2D eigenvalue weighted by Gasteiger charge is 2.46. The summed E-state index contributed by atoms with van der Waals surface area (Å²) >= 11 is 0. The topological polar surface area (TPSA) is 94.1 Å². The van der Waals surface area contributed by atoms with Crippen LogP contribution in [0.2, 0.25) is 0 Å². The molecule has 1 fully saturated rings. The molecule has 2 aromatic carbocycles. The van der Waals surface area contributed by atoms with Crippen LogP contribution in [0.5, 0.6) is 17.2 Å². The first-order chi connectivity index (χ1) is 14.2. The zero-order valence-corrected chi connectivity index (χ0v) is 16.3. The third kappa shape index (κ3) is 5.10. The number of alkyl halides is 3. The second-order valence-electron chi connectivity index (χ2n) is 6.41. The second-order valence-corrected chi connectivity index (χ2v) is 8.20. The first kappa shape index (κ1) is 22.1. The molecular formula is C19H18F3NO6S. The van der Waals surface area contributed by atoms with Crippen LogP contribution >= 0.6 is 0 Å². The molecular weight excluding hydrogens is 427 g/mol. The number of rotatable bonds is 6. The maximum Gasteiger partial charge on any atom is 0.573 e. The smallest absolute Gasteiger partial charge is 0.457 e. The maximum atomic E-state index is 13.1. The Hall–Kier alpha value is -2.63. The van der Waals surface area contributed by atoms with Gasteiger partial charge in [0.2, 0.25) is 0 Å². The van der Waals surface area contributed by atoms with Crippen LogP contribution < -0.4 is 15.0 Å². The van der Waals surface area contributed by atoms with Gasteiger partial charge in [-0.2, -0.15) is 0 Å². The minimum absolute atomic E-state index is 0.191. The fourth-order valence-electron chi connectivity index (χ4n) is 3.00. The van der Waals surface area contributed by atoms with Crippen LogP contribution in [-0.2, 0) is 20.3 Å². The number of nitrogens with one attached hydrogen (secondary N) is 1. The van der Waals surface area contributed by atoms with E-state index in [4.69, 9.17) is 14.7 Å². The van der Waals surface area contributed by atoms with E-state index < -0.39 is 27.8 Å². The van der Waals surface area contributed by atoms with Gasteiger partial charge in [-0.15, -0.1) is 13.2 Å². The van der Waals surface area contributed by atoms with Gasteiger partial charge in [-0.05, 0) is 61.4 Å². The van der Waals surface area contributed by atoms with Crippen molar-refractivity contribution in [3.05, 3.63) is 48.5 Å². The summed E-state index contributed by atoms with van der Waals surface area (Å²) in [6, 6.07) is 11.0. The molecule has 30 heavy (non-hydrogen) atoms. The molecule has 0 spiro atoms. The van der Waals surface area contributed by atoms with E-state index in [0.717, 1.165) is 12.1 Å². The van der Waals surface area contributed by atoms with Crippen LogP contribution in [0, 0.1) is 0 Å². The lowest BCUT2D eigenvalue weighted by Gasteiger charge is -2.33. The molecule has 0 bridgehead atoms. The molecule has 0 aromatic heterocycles. The summed E-state index contributed by atoms with van der Waals surface area (Å²) in [6.07, 6.45) is -4.39. The zero-order chi connectivity index (χ0) is 21.8. The predicted molar refractivity (Wildman–Crippen MR) is 98.8 cm³/mol. The molecule has 3 rings (SSSR count). The maximum absolute atomic E-state index is 13.1. The highest BCUT2D eigenvalue weighted by atomic mass is 32.2. The van der Waals surface area contributed by atoms with E-state index >= 15 is 0 Å². The van der Waals surface area contributed by atoms with Gasteiger partial charge in [-0.25, -0.2) is 5.48 Å². The number of halogens is 3. The van der Waals surface area contributed by atoms with Crippen molar-refractivity contribution in [2.24, 2.45) is 0 Å². The quantitative estimate of drug-likeness (QED) is 0.522. The number of amides is 1. The van der Waals surface area contributed by atoms with E-state index in [1.165, 1.54) is 36.4 Å². The van der Waals surface area contributed by atoms with Gasteiger partial charge >= 0.3 is 6.36 Å². The molecule has 0 saturated carbocycles. The number of ether oxygens (including phenoxy) is 3. The average Bonchev–Trinajstić information content (AvgIpc) is 2.74. The number of hydrogen-bond acceptors (Lipinski definition) is 6. The van der Waals surface area contributed by atoms with Crippen molar-refractivity contribution in [2.45, 2.75) is 28.8 Å². The largest absolute Gasteiger partial charge is 0.573 e. The molecule has 0 radical (unpaired) electrons. The Morgan fingerprint density at radius 2 is 1.50 bits per heavy atom. The van der Waals surface area contributed by atoms with Crippen molar-refractivity contribution in [3.8, 4) is 17.2 Å². The highest BCUT2D eigenvalue weighted by molar-refractivity contribution is 7.87. The molecule has 7 nitrogen and oxygen atoms in total. The summed E-state index contributed by atoms with van der Waals surface area (Å²) in [6.45, 7) is 0.489. The lowest BCUT2D eigenvalue weighted by molar-refractivity contribution is -0.274. The summed E-state index contributed by atoms with van der Waals surface area (Å²) < 4.78 is 63.0. The summed E-state index contributed by atoms with van der Waals surface area (Å²) in [5, 5.41) is 9.07. The molecule has 1 amide bonds. The third-order valence-corrected chi connectivity index (χ3v) is 6.51. The van der Waals surface area contributed by atoms with E-state index in [2.05, 4.69) is 4.74 Å². The van der Waals surface area contributed by atoms with Gasteiger partial charge in [0.15, 0.2) is 0 Å². The van der Waals surface area contributed by atoms with E-state index in [-0.39, 0.29) is 37.6 Å². The first-order valence-electron chi connectivity index (χ1n) is 8.81. The molecule has 2 aromatic rings. The molecule has 1 unspecified atom stereocenters. The van der Waals surface area contributed by atoms with Crippen molar-refractivity contribution < 1.29 is 41.6 Å². The standard InChI is InChI=1S/C19H18F3NO6S/c20-19(21,22)29-15-3-1-13(2-4-15)28-14-5-7-16(8-6-14)30(26)18(17(24)23-25)9-11-27-12-10-18/h1-8,25H,9-12H2,(H,23,24). The average molecular weight is 445 g/mol. The molecule has 2 N–H and O–H groups in total. The van der Waals surface area contributed by atoms with Crippen LogP contribution in [0.15, 0.2) is 53.4 Å². The number of benzene rings is 2. The van der Waals surface area contributed by atoms with Gasteiger partial charge < -0.3 is 14.2 Å². The van der Waals surface area contributed by atoms with E-state index in [0.29, 0.717) is 10.6 Å². The first-order valence-corrected chi connectivity index (χ1v) is 9.96. The molecule has 1 heterocycles. The summed E-state index contributed by atoms with van der Waals surface area (Å²) in [7, 11) is -1.76. The third-order valence-electron chi connectivity index (χ3n) is 4.50. The van der Waals surface area contributed by atoms with Gasteiger partial charge in [-0.3, -0.25) is 14.2 Å². The number of hydrogen-bond donors (Lipinski definition) is 2. The Bertz CT molecular complexity index is 896. The Kier molecular flexibility index (Phi) is 6.64. The zero-order valence-electron chi connectivity index (χ0n) is 15.5. The van der Waals surface area contributed by atoms with Crippen LogP contribution in [0.1, 0.15) is 12.8 Å². The van der Waals surface area contributed by atoms with Crippen molar-refractivity contribution >= 4 is 16.7 Å². The van der Waals surface area contributed by atoms with Gasteiger partial charge in [-0.1, -0.05) is 0 Å². The Morgan fingerprint density at radius 3 is 2.00 bits per heavy atom. The molecule has 1 atom stereocenters. The van der Waals surface area contributed by atoms with Crippen molar-refractivity contribution in [1.82, 2.24) is 5.48 Å². The summed E-state index contributed by atoms with van der Waals surface area (Å²) in [5.74, 6) is -0.470. The second kappa shape index (κ2) is 9.02. The van der Waals surface area contributed by atoms with Gasteiger partial charge in [0.05, 0.1) is 10.8 Å². The lowest BCUT2D eigenvalue weighted by atomic mass is 9.98.